The third kappa shape index (κ3) is 4.12. The summed E-state index contributed by atoms with van der Waals surface area (Å²) in [7, 11) is 1.68. The first-order valence-corrected chi connectivity index (χ1v) is 9.83. The summed E-state index contributed by atoms with van der Waals surface area (Å²) in [6.45, 7) is 3.84. The summed E-state index contributed by atoms with van der Waals surface area (Å²) in [5, 5.41) is 0. The first-order valence-electron chi connectivity index (χ1n) is 9.83. The Morgan fingerprint density at radius 2 is 1.96 bits per heavy atom. The van der Waals surface area contributed by atoms with Crippen LogP contribution >= 0.6 is 0 Å². The molecule has 4 nitrogen and oxygen atoms in total. The van der Waals surface area contributed by atoms with Crippen LogP contribution in [0.2, 0.25) is 0 Å². The maximum absolute atomic E-state index is 13.0. The van der Waals surface area contributed by atoms with Gasteiger partial charge in [-0.25, -0.2) is 0 Å². The quantitative estimate of drug-likeness (QED) is 0.639. The zero-order chi connectivity index (χ0) is 18.4. The van der Waals surface area contributed by atoms with Crippen molar-refractivity contribution in [3.05, 3.63) is 53.9 Å². The van der Waals surface area contributed by atoms with E-state index in [4.69, 9.17) is 4.74 Å². The molecule has 4 heteroatoms. The Balaban J connectivity index is 1.78. The number of nitrogens with zero attached hydrogens (tertiary/aromatic N) is 2. The molecule has 1 aromatic carbocycles. The van der Waals surface area contributed by atoms with E-state index in [-0.39, 0.29) is 11.9 Å². The van der Waals surface area contributed by atoms with Crippen molar-refractivity contribution in [2.75, 3.05) is 13.7 Å². The third-order valence-corrected chi connectivity index (χ3v) is 5.26. The van der Waals surface area contributed by atoms with E-state index in [1.54, 1.807) is 7.11 Å². The lowest BCUT2D eigenvalue weighted by Crippen LogP contribution is -2.42. The molecule has 0 spiro atoms. The molecule has 0 aliphatic carbocycles. The van der Waals surface area contributed by atoms with E-state index in [1.165, 1.54) is 25.0 Å². The molecule has 0 N–H and O–H groups in total. The van der Waals surface area contributed by atoms with Gasteiger partial charge in [0.05, 0.1) is 13.2 Å². The van der Waals surface area contributed by atoms with Gasteiger partial charge in [-0.1, -0.05) is 44.7 Å². The molecule has 3 rings (SSSR count). The lowest BCUT2D eigenvalue weighted by Gasteiger charge is -2.37. The van der Waals surface area contributed by atoms with Crippen LogP contribution in [0.25, 0.3) is 0 Å². The maximum atomic E-state index is 13.0. The second-order valence-corrected chi connectivity index (χ2v) is 7.06. The molecule has 1 aromatic heterocycles. The summed E-state index contributed by atoms with van der Waals surface area (Å²) in [5.41, 5.74) is 2.30. The van der Waals surface area contributed by atoms with Crippen LogP contribution in [0.15, 0.2) is 42.6 Å². The molecule has 0 saturated heterocycles. The van der Waals surface area contributed by atoms with Crippen molar-refractivity contribution < 1.29 is 9.53 Å². The molecule has 1 amide bonds. The van der Waals surface area contributed by atoms with E-state index in [9.17, 15) is 4.79 Å². The Kier molecular flexibility index (Phi) is 6.37. The van der Waals surface area contributed by atoms with E-state index < -0.39 is 0 Å². The fourth-order valence-corrected chi connectivity index (χ4v) is 3.84. The number of amides is 1. The highest BCUT2D eigenvalue weighted by atomic mass is 16.5. The summed E-state index contributed by atoms with van der Waals surface area (Å²) in [4.78, 5) is 15.0. The first kappa shape index (κ1) is 18.6. The normalized spacial score (nSPS) is 16.4. The number of carbonyl (C=O) groups is 1. The van der Waals surface area contributed by atoms with Crippen molar-refractivity contribution in [2.45, 2.75) is 58.0 Å². The van der Waals surface area contributed by atoms with Gasteiger partial charge in [0.2, 0.25) is 5.91 Å². The lowest BCUT2D eigenvalue weighted by molar-refractivity contribution is -0.134. The van der Waals surface area contributed by atoms with E-state index in [2.05, 4.69) is 46.9 Å². The molecular formula is C22H30N2O2. The molecule has 0 radical (unpaired) electrons. The van der Waals surface area contributed by atoms with E-state index in [1.807, 2.05) is 12.1 Å². The van der Waals surface area contributed by atoms with Gasteiger partial charge in [0, 0.05) is 31.4 Å². The van der Waals surface area contributed by atoms with Gasteiger partial charge in [-0.2, -0.15) is 0 Å². The van der Waals surface area contributed by atoms with E-state index in [0.717, 1.165) is 37.2 Å². The molecule has 26 heavy (non-hydrogen) atoms. The van der Waals surface area contributed by atoms with Gasteiger partial charge in [-0.3, -0.25) is 4.79 Å². The highest BCUT2D eigenvalue weighted by molar-refractivity contribution is 5.77. The van der Waals surface area contributed by atoms with Crippen molar-refractivity contribution >= 4 is 5.91 Å². The van der Waals surface area contributed by atoms with Gasteiger partial charge < -0.3 is 14.2 Å². The highest BCUT2D eigenvalue weighted by Gasteiger charge is 2.31. The fourth-order valence-electron chi connectivity index (χ4n) is 3.84. The van der Waals surface area contributed by atoms with Crippen molar-refractivity contribution in [2.24, 2.45) is 0 Å². The van der Waals surface area contributed by atoms with Crippen molar-refractivity contribution in [1.82, 2.24) is 9.47 Å². The van der Waals surface area contributed by atoms with Gasteiger partial charge in [0.1, 0.15) is 5.75 Å². The minimum absolute atomic E-state index is 0.0306. The van der Waals surface area contributed by atoms with Gasteiger partial charge >= 0.3 is 0 Å². The highest BCUT2D eigenvalue weighted by Crippen LogP contribution is 2.34. The number of methoxy groups -OCH3 is 1. The predicted octanol–water partition coefficient (Wildman–Crippen LogP) is 4.79. The average Bonchev–Trinajstić information content (AvgIpc) is 3.15. The third-order valence-electron chi connectivity index (χ3n) is 5.26. The predicted molar refractivity (Wildman–Crippen MR) is 104 cm³/mol. The van der Waals surface area contributed by atoms with E-state index in [0.29, 0.717) is 6.42 Å². The Morgan fingerprint density at radius 1 is 1.12 bits per heavy atom. The zero-order valence-electron chi connectivity index (χ0n) is 16.0. The van der Waals surface area contributed by atoms with Crippen LogP contribution in [0.1, 0.15) is 62.7 Å². The van der Waals surface area contributed by atoms with Gasteiger partial charge in [0.25, 0.3) is 0 Å². The molecule has 2 aromatic rings. The topological polar surface area (TPSA) is 34.5 Å². The first-order chi connectivity index (χ1) is 12.7. The number of carbonyl (C=O) groups excluding carboxylic acids is 1. The van der Waals surface area contributed by atoms with Crippen LogP contribution in [0.3, 0.4) is 0 Å². The van der Waals surface area contributed by atoms with Crippen molar-refractivity contribution in [1.29, 1.82) is 0 Å². The Morgan fingerprint density at radius 3 is 2.77 bits per heavy atom. The fraction of sp³-hybridized carbons (Fsp3) is 0.500. The van der Waals surface area contributed by atoms with Crippen LogP contribution in [0.4, 0.5) is 0 Å². The lowest BCUT2D eigenvalue weighted by atomic mass is 9.98. The maximum Gasteiger partial charge on any atom is 0.223 e. The molecular weight excluding hydrogens is 324 g/mol. The van der Waals surface area contributed by atoms with Crippen LogP contribution < -0.4 is 4.74 Å². The molecule has 1 aliphatic rings. The molecule has 1 atom stereocenters. The Hall–Kier alpha value is -2.23. The van der Waals surface area contributed by atoms with Crippen LogP contribution in [0, 0.1) is 0 Å². The number of hydrogen-bond acceptors (Lipinski definition) is 2. The van der Waals surface area contributed by atoms with Crippen molar-refractivity contribution in [3.63, 3.8) is 0 Å². The summed E-state index contributed by atoms with van der Waals surface area (Å²) in [5.74, 6) is 1.10. The van der Waals surface area contributed by atoms with Gasteiger partial charge in [-0.15, -0.1) is 0 Å². The number of rotatable bonds is 8. The van der Waals surface area contributed by atoms with Crippen LogP contribution in [0.5, 0.6) is 5.75 Å². The number of fused-ring (bicyclic) bond motifs is 1. The SMILES string of the molecule is CCCCCCCC(=O)N1CCn2cccc2C1c1cccc(OC)c1. The summed E-state index contributed by atoms with van der Waals surface area (Å²) in [6, 6.07) is 12.3. The van der Waals surface area contributed by atoms with E-state index >= 15 is 0 Å². The Bertz CT molecular complexity index is 722. The average molecular weight is 354 g/mol. The molecule has 0 saturated carbocycles. The zero-order valence-corrected chi connectivity index (χ0v) is 16.0. The molecule has 1 aliphatic heterocycles. The van der Waals surface area contributed by atoms with Crippen LogP contribution in [-0.4, -0.2) is 29.0 Å². The summed E-state index contributed by atoms with van der Waals surface area (Å²) < 4.78 is 7.66. The molecule has 0 fully saturated rings. The minimum Gasteiger partial charge on any atom is -0.497 e. The number of hydrogen-bond donors (Lipinski definition) is 0. The smallest absolute Gasteiger partial charge is 0.223 e. The standard InChI is InChI=1S/C22H30N2O2/c1-3-4-5-6-7-13-21(25)24-16-15-23-14-9-12-20(23)22(24)18-10-8-11-19(17-18)26-2/h8-12,14,17,22H,3-7,13,15-16H2,1-2H3. The number of unbranched alkanes of at least 4 members (excludes halogenated alkanes) is 4. The summed E-state index contributed by atoms with van der Waals surface area (Å²) in [6.07, 6.45) is 8.60. The molecule has 0 bridgehead atoms. The van der Waals surface area contributed by atoms with Gasteiger partial charge in [-0.05, 0) is 36.2 Å². The molecule has 1 unspecified atom stereocenters. The van der Waals surface area contributed by atoms with Crippen molar-refractivity contribution in [3.8, 4) is 5.75 Å². The monoisotopic (exact) mass is 354 g/mol. The minimum atomic E-state index is -0.0306. The number of aromatic nitrogens is 1. The second kappa shape index (κ2) is 8.93. The van der Waals surface area contributed by atoms with Crippen LogP contribution in [-0.2, 0) is 11.3 Å². The largest absolute Gasteiger partial charge is 0.497 e. The number of benzene rings is 1. The number of ether oxygens (including phenoxy) is 1. The second-order valence-electron chi connectivity index (χ2n) is 7.06. The molecule has 140 valence electrons. The van der Waals surface area contributed by atoms with Gasteiger partial charge in [0.15, 0.2) is 0 Å². The summed E-state index contributed by atoms with van der Waals surface area (Å²) >= 11 is 0. The molecule has 2 heterocycles. The Labute approximate surface area is 156 Å².